The summed E-state index contributed by atoms with van der Waals surface area (Å²) in [7, 11) is 0. The van der Waals surface area contributed by atoms with Gasteiger partial charge in [-0.25, -0.2) is 9.97 Å². The van der Waals surface area contributed by atoms with Gasteiger partial charge in [0, 0.05) is 30.6 Å². The maximum absolute atomic E-state index is 13.4. The highest BCUT2D eigenvalue weighted by molar-refractivity contribution is 5.97. The van der Waals surface area contributed by atoms with Crippen LogP contribution in [-0.4, -0.2) is 44.9 Å². The monoisotopic (exact) mass is 561 g/mol. The number of aliphatic carboxylic acids is 1. The lowest BCUT2D eigenvalue weighted by Gasteiger charge is -2.32. The first-order valence-corrected chi connectivity index (χ1v) is 13.7. The predicted octanol–water partition coefficient (Wildman–Crippen LogP) is 7.13. The quantitative estimate of drug-likeness (QED) is 0.231. The molecule has 0 atom stereocenters. The molecule has 212 valence electrons. The fourth-order valence-corrected chi connectivity index (χ4v) is 5.34. The number of rotatable bonds is 8. The molecule has 1 aliphatic heterocycles. The van der Waals surface area contributed by atoms with Crippen molar-refractivity contribution in [3.05, 3.63) is 95.2 Å². The van der Waals surface area contributed by atoms with Gasteiger partial charge in [-0.1, -0.05) is 42.5 Å². The summed E-state index contributed by atoms with van der Waals surface area (Å²) in [5, 5.41) is 8.98. The molecule has 1 fully saturated rings. The van der Waals surface area contributed by atoms with Gasteiger partial charge in [-0.2, -0.15) is 13.2 Å². The van der Waals surface area contributed by atoms with E-state index in [1.54, 1.807) is 18.2 Å². The Hall–Kier alpha value is -4.27. The Kier molecular flexibility index (Phi) is 8.33. The Morgan fingerprint density at radius 2 is 1.59 bits per heavy atom. The molecule has 1 aliphatic rings. The molecule has 9 heteroatoms. The van der Waals surface area contributed by atoms with Gasteiger partial charge in [0.05, 0.1) is 28.0 Å². The van der Waals surface area contributed by atoms with E-state index in [0.717, 1.165) is 25.0 Å². The number of hydrogen-bond donors (Lipinski definition) is 1. The lowest BCUT2D eigenvalue weighted by Crippen LogP contribution is -2.37. The number of likely N-dealkylation sites (tertiary alicyclic amines) is 1. The molecule has 0 saturated carbocycles. The van der Waals surface area contributed by atoms with E-state index in [1.165, 1.54) is 17.7 Å². The van der Waals surface area contributed by atoms with Gasteiger partial charge in [0.2, 0.25) is 0 Å². The normalized spacial score (nSPS) is 14.4. The molecule has 5 rings (SSSR count). The van der Waals surface area contributed by atoms with Crippen LogP contribution < -0.4 is 0 Å². The van der Waals surface area contributed by atoms with E-state index in [4.69, 9.17) is 15.1 Å². The molecule has 6 nitrogen and oxygen atoms in total. The number of carboxylic acids is 1. The van der Waals surface area contributed by atoms with E-state index < -0.39 is 17.7 Å². The second kappa shape index (κ2) is 12.1. The van der Waals surface area contributed by atoms with E-state index in [0.29, 0.717) is 71.8 Å². The molecule has 2 heterocycles. The predicted molar refractivity (Wildman–Crippen MR) is 149 cm³/mol. The van der Waals surface area contributed by atoms with Crippen LogP contribution in [0.3, 0.4) is 0 Å². The Labute approximate surface area is 235 Å². The average molecular weight is 562 g/mol. The van der Waals surface area contributed by atoms with Crippen LogP contribution in [0.2, 0.25) is 0 Å². The van der Waals surface area contributed by atoms with E-state index in [9.17, 15) is 22.8 Å². The van der Waals surface area contributed by atoms with Gasteiger partial charge < -0.3 is 10.0 Å². The lowest BCUT2D eigenvalue weighted by molar-refractivity contribution is -0.138. The highest BCUT2D eigenvalue weighted by Gasteiger charge is 2.30. The van der Waals surface area contributed by atoms with Crippen molar-refractivity contribution in [3.63, 3.8) is 0 Å². The van der Waals surface area contributed by atoms with Gasteiger partial charge >= 0.3 is 12.1 Å². The van der Waals surface area contributed by atoms with Gasteiger partial charge in [-0.3, -0.25) is 9.59 Å². The molecule has 1 saturated heterocycles. The van der Waals surface area contributed by atoms with Gasteiger partial charge in [0.25, 0.3) is 5.91 Å². The van der Waals surface area contributed by atoms with Crippen molar-refractivity contribution in [1.29, 1.82) is 0 Å². The summed E-state index contributed by atoms with van der Waals surface area (Å²) in [6, 6.07) is 20.2. The number of piperidine rings is 1. The van der Waals surface area contributed by atoms with Gasteiger partial charge in [-0.05, 0) is 73.9 Å². The number of aromatic nitrogens is 2. The molecular weight excluding hydrogens is 531 g/mol. The minimum Gasteiger partial charge on any atom is -0.481 e. The van der Waals surface area contributed by atoms with Crippen molar-refractivity contribution in [2.24, 2.45) is 0 Å². The van der Waals surface area contributed by atoms with Crippen LogP contribution in [0, 0.1) is 0 Å². The number of benzene rings is 3. The fraction of sp³-hybridized carbons (Fsp3) is 0.312. The standard InChI is InChI=1S/C32H30F3N3O3/c33-32(34,35)25-13-10-23(11-14-25)30-27(8-4-5-9-29(39)40)36-28-20-24(12-15-26(28)37-30)31(41)38-18-16-22(17-19-38)21-6-2-1-3-7-21/h1-3,6-7,10-15,20,22H,4-5,8-9,16-19H2,(H,39,40). The first-order valence-electron chi connectivity index (χ1n) is 13.7. The molecule has 1 N–H and O–H groups in total. The molecule has 0 aliphatic carbocycles. The number of carboxylic acid groups (broad SMARTS) is 1. The Bertz CT molecular complexity index is 1530. The number of aryl methyl sites for hydroxylation is 1. The van der Waals surface area contributed by atoms with Crippen molar-refractivity contribution in [3.8, 4) is 11.3 Å². The largest absolute Gasteiger partial charge is 0.481 e. The zero-order valence-corrected chi connectivity index (χ0v) is 22.4. The SMILES string of the molecule is O=C(O)CCCCc1nc2cc(C(=O)N3CCC(c4ccccc4)CC3)ccc2nc1-c1ccc(C(F)(F)F)cc1. The zero-order valence-electron chi connectivity index (χ0n) is 22.4. The number of unbranched alkanes of at least 4 members (excludes halogenated alkanes) is 1. The number of halogens is 3. The highest BCUT2D eigenvalue weighted by Crippen LogP contribution is 2.33. The molecule has 0 spiro atoms. The number of nitrogens with zero attached hydrogens (tertiary/aromatic N) is 3. The van der Waals surface area contributed by atoms with Crippen molar-refractivity contribution < 1.29 is 27.9 Å². The van der Waals surface area contributed by atoms with Gasteiger partial charge in [-0.15, -0.1) is 0 Å². The number of fused-ring (bicyclic) bond motifs is 1. The molecule has 3 aromatic carbocycles. The highest BCUT2D eigenvalue weighted by atomic mass is 19.4. The third-order valence-electron chi connectivity index (χ3n) is 7.58. The molecule has 4 aromatic rings. The second-order valence-electron chi connectivity index (χ2n) is 10.4. The molecule has 1 aromatic heterocycles. The minimum atomic E-state index is -4.45. The third-order valence-corrected chi connectivity index (χ3v) is 7.58. The number of amides is 1. The maximum atomic E-state index is 13.4. The number of alkyl halides is 3. The van der Waals surface area contributed by atoms with Crippen LogP contribution in [0.5, 0.6) is 0 Å². The summed E-state index contributed by atoms with van der Waals surface area (Å²) in [6.45, 7) is 1.31. The van der Waals surface area contributed by atoms with Crippen LogP contribution in [0.4, 0.5) is 13.2 Å². The van der Waals surface area contributed by atoms with Crippen LogP contribution in [0.25, 0.3) is 22.3 Å². The summed E-state index contributed by atoms with van der Waals surface area (Å²) in [5.74, 6) is -0.543. The molecule has 41 heavy (non-hydrogen) atoms. The van der Waals surface area contributed by atoms with Crippen LogP contribution >= 0.6 is 0 Å². The lowest BCUT2D eigenvalue weighted by atomic mass is 9.89. The van der Waals surface area contributed by atoms with Crippen molar-refractivity contribution in [1.82, 2.24) is 14.9 Å². The van der Waals surface area contributed by atoms with E-state index in [1.807, 2.05) is 23.1 Å². The summed E-state index contributed by atoms with van der Waals surface area (Å²) in [6.07, 6.45) is -1.31. The van der Waals surface area contributed by atoms with E-state index in [-0.39, 0.29) is 12.3 Å². The topological polar surface area (TPSA) is 83.4 Å². The number of hydrogen-bond acceptors (Lipinski definition) is 4. The summed E-state index contributed by atoms with van der Waals surface area (Å²) in [4.78, 5) is 35.7. The smallest absolute Gasteiger partial charge is 0.416 e. The van der Waals surface area contributed by atoms with Crippen molar-refractivity contribution >= 4 is 22.9 Å². The van der Waals surface area contributed by atoms with Crippen LogP contribution in [0.1, 0.15) is 65.2 Å². The third kappa shape index (κ3) is 6.73. The number of carbonyl (C=O) groups is 2. The van der Waals surface area contributed by atoms with Crippen molar-refractivity contribution in [2.75, 3.05) is 13.1 Å². The molecule has 0 unspecified atom stereocenters. The summed E-state index contributed by atoms with van der Waals surface area (Å²) >= 11 is 0. The summed E-state index contributed by atoms with van der Waals surface area (Å²) in [5.41, 5.74) is 3.56. The molecule has 0 bridgehead atoms. The first-order chi connectivity index (χ1) is 19.7. The molecular formula is C32H30F3N3O3. The minimum absolute atomic E-state index is 0.0102. The zero-order chi connectivity index (χ0) is 29.0. The molecule has 1 amide bonds. The summed E-state index contributed by atoms with van der Waals surface area (Å²) < 4.78 is 39.3. The Balaban J connectivity index is 1.39. The first kappa shape index (κ1) is 28.3. The van der Waals surface area contributed by atoms with Crippen LogP contribution in [0.15, 0.2) is 72.8 Å². The second-order valence-corrected chi connectivity index (χ2v) is 10.4. The average Bonchev–Trinajstić information content (AvgIpc) is 2.98. The maximum Gasteiger partial charge on any atom is 0.416 e. The van der Waals surface area contributed by atoms with Gasteiger partial charge in [0.15, 0.2) is 0 Å². The molecule has 0 radical (unpaired) electrons. The Morgan fingerprint density at radius 1 is 0.878 bits per heavy atom. The number of carbonyl (C=O) groups excluding carboxylic acids is 1. The van der Waals surface area contributed by atoms with Gasteiger partial charge in [0.1, 0.15) is 0 Å². The fourth-order valence-electron chi connectivity index (χ4n) is 5.34. The van der Waals surface area contributed by atoms with E-state index >= 15 is 0 Å². The Morgan fingerprint density at radius 3 is 2.24 bits per heavy atom. The van der Waals surface area contributed by atoms with Crippen molar-refractivity contribution in [2.45, 2.75) is 50.6 Å². The van der Waals surface area contributed by atoms with Crippen LogP contribution in [-0.2, 0) is 17.4 Å². The van der Waals surface area contributed by atoms with E-state index in [2.05, 4.69) is 12.1 Å².